The van der Waals surface area contributed by atoms with Crippen molar-refractivity contribution in [3.63, 3.8) is 0 Å². The van der Waals surface area contributed by atoms with E-state index in [9.17, 15) is 19.3 Å². The number of hydrogen-bond donors (Lipinski definition) is 0. The Labute approximate surface area is 140 Å². The van der Waals surface area contributed by atoms with Gasteiger partial charge in [-0.15, -0.1) is 0 Å². The molecule has 2 heterocycles. The van der Waals surface area contributed by atoms with E-state index in [2.05, 4.69) is 4.98 Å². The van der Waals surface area contributed by atoms with Crippen LogP contribution in [0.3, 0.4) is 0 Å². The summed E-state index contributed by atoms with van der Waals surface area (Å²) >= 11 is 6.00. The predicted molar refractivity (Wildman–Crippen MR) is 83.6 cm³/mol. The number of amides is 1. The summed E-state index contributed by atoms with van der Waals surface area (Å²) in [6.45, 7) is 1.32. The number of nitro groups is 1. The second-order valence-electron chi connectivity index (χ2n) is 5.13. The van der Waals surface area contributed by atoms with E-state index in [0.29, 0.717) is 0 Å². The van der Waals surface area contributed by atoms with Gasteiger partial charge in [0.1, 0.15) is 5.82 Å². The number of nitrogens with zero attached hydrogens (tertiary/aromatic N) is 3. The third-order valence-corrected chi connectivity index (χ3v) is 3.92. The fourth-order valence-corrected chi connectivity index (χ4v) is 2.59. The monoisotopic (exact) mass is 351 g/mol. The van der Waals surface area contributed by atoms with Crippen molar-refractivity contribution in [3.05, 3.63) is 56.8 Å². The lowest BCUT2D eigenvalue weighted by molar-refractivity contribution is -0.389. The number of rotatable bonds is 3. The van der Waals surface area contributed by atoms with Gasteiger partial charge >= 0.3 is 5.82 Å². The average Bonchev–Trinajstić information content (AvgIpc) is 2.54. The quantitative estimate of drug-likeness (QED) is 0.626. The van der Waals surface area contributed by atoms with E-state index < -0.39 is 28.6 Å². The van der Waals surface area contributed by atoms with Gasteiger partial charge < -0.3 is 14.9 Å². The highest BCUT2D eigenvalue weighted by molar-refractivity contribution is 6.31. The number of ether oxygens (including phenoxy) is 1. The van der Waals surface area contributed by atoms with E-state index in [4.69, 9.17) is 16.3 Å². The summed E-state index contributed by atoms with van der Waals surface area (Å²) in [6, 6.07) is 6.70. The van der Waals surface area contributed by atoms with E-state index >= 15 is 0 Å². The number of benzene rings is 1. The van der Waals surface area contributed by atoms with E-state index in [1.807, 2.05) is 0 Å². The zero-order valence-corrected chi connectivity index (χ0v) is 13.2. The normalized spacial score (nSPS) is 16.5. The van der Waals surface area contributed by atoms with Crippen LogP contribution in [0.25, 0.3) is 0 Å². The summed E-state index contributed by atoms with van der Waals surface area (Å²) in [5.74, 6) is -1.34. The van der Waals surface area contributed by atoms with Crippen molar-refractivity contribution in [3.8, 4) is 5.75 Å². The third-order valence-electron chi connectivity index (χ3n) is 3.56. The van der Waals surface area contributed by atoms with Gasteiger partial charge in [0, 0.05) is 16.7 Å². The molecule has 1 amide bonds. The van der Waals surface area contributed by atoms with Gasteiger partial charge in [-0.25, -0.2) is 4.39 Å². The molecular weight excluding hydrogens is 341 g/mol. The molecule has 0 bridgehead atoms. The van der Waals surface area contributed by atoms with Crippen LogP contribution in [0.4, 0.5) is 16.0 Å². The number of anilines is 1. The van der Waals surface area contributed by atoms with Crippen LogP contribution in [0.2, 0.25) is 5.02 Å². The van der Waals surface area contributed by atoms with Gasteiger partial charge in [-0.05, 0) is 35.0 Å². The van der Waals surface area contributed by atoms with Gasteiger partial charge in [-0.1, -0.05) is 17.7 Å². The SMILES string of the molecule is CC1Oc2ccc([N+](=O)[O-])nc2N(Cc2c(F)cccc2Cl)C1=O. The number of carbonyl (C=O) groups is 1. The highest BCUT2D eigenvalue weighted by Gasteiger charge is 2.37. The van der Waals surface area contributed by atoms with Crippen LogP contribution in [-0.4, -0.2) is 21.9 Å². The first-order valence-corrected chi connectivity index (χ1v) is 7.32. The molecule has 0 N–H and O–H groups in total. The summed E-state index contributed by atoms with van der Waals surface area (Å²) < 4.78 is 19.4. The van der Waals surface area contributed by atoms with Gasteiger partial charge in [0.05, 0.1) is 6.54 Å². The summed E-state index contributed by atoms with van der Waals surface area (Å²) in [6.07, 6.45) is -0.827. The van der Waals surface area contributed by atoms with Gasteiger partial charge in [-0.3, -0.25) is 9.69 Å². The first-order valence-electron chi connectivity index (χ1n) is 6.95. The van der Waals surface area contributed by atoms with Crippen molar-refractivity contribution in [2.45, 2.75) is 19.6 Å². The van der Waals surface area contributed by atoms with Crippen molar-refractivity contribution in [1.29, 1.82) is 0 Å². The average molecular weight is 352 g/mol. The molecule has 1 aromatic heterocycles. The first kappa shape index (κ1) is 16.1. The summed E-state index contributed by atoms with van der Waals surface area (Å²) in [5, 5.41) is 11.1. The highest BCUT2D eigenvalue weighted by atomic mass is 35.5. The molecule has 1 aromatic carbocycles. The van der Waals surface area contributed by atoms with Crippen LogP contribution in [0.5, 0.6) is 5.75 Å². The maximum absolute atomic E-state index is 14.0. The molecule has 0 saturated carbocycles. The van der Waals surface area contributed by atoms with Gasteiger partial charge in [0.15, 0.2) is 11.9 Å². The molecule has 124 valence electrons. The minimum atomic E-state index is -0.827. The van der Waals surface area contributed by atoms with Crippen LogP contribution in [0.1, 0.15) is 12.5 Å². The molecule has 7 nitrogen and oxygen atoms in total. The van der Waals surface area contributed by atoms with Crippen molar-refractivity contribution >= 4 is 29.1 Å². The van der Waals surface area contributed by atoms with Crippen LogP contribution < -0.4 is 9.64 Å². The molecule has 0 radical (unpaired) electrons. The maximum atomic E-state index is 14.0. The zero-order chi connectivity index (χ0) is 17.4. The van der Waals surface area contributed by atoms with Crippen molar-refractivity contribution in [2.24, 2.45) is 0 Å². The minimum absolute atomic E-state index is 0.0355. The summed E-state index contributed by atoms with van der Waals surface area (Å²) in [7, 11) is 0. The van der Waals surface area contributed by atoms with E-state index in [-0.39, 0.29) is 28.7 Å². The second kappa shape index (κ2) is 6.04. The molecule has 0 aliphatic carbocycles. The van der Waals surface area contributed by atoms with Gasteiger partial charge in [0.25, 0.3) is 11.7 Å². The van der Waals surface area contributed by atoms with Crippen molar-refractivity contribution in [2.75, 3.05) is 4.90 Å². The third kappa shape index (κ3) is 2.76. The maximum Gasteiger partial charge on any atom is 0.366 e. The first-order chi connectivity index (χ1) is 11.4. The molecule has 24 heavy (non-hydrogen) atoms. The Morgan fingerprint density at radius 1 is 1.42 bits per heavy atom. The fourth-order valence-electron chi connectivity index (χ4n) is 2.37. The Hall–Kier alpha value is -2.74. The number of hydrogen-bond acceptors (Lipinski definition) is 5. The Bertz CT molecular complexity index is 825. The summed E-state index contributed by atoms with van der Waals surface area (Å²) in [4.78, 5) is 27.7. The number of halogens is 2. The number of pyridine rings is 1. The molecule has 2 aromatic rings. The van der Waals surface area contributed by atoms with Crippen molar-refractivity contribution < 1.29 is 18.8 Å². The lowest BCUT2D eigenvalue weighted by Gasteiger charge is -2.29. The van der Waals surface area contributed by atoms with E-state index in [1.165, 1.54) is 37.3 Å². The van der Waals surface area contributed by atoms with Gasteiger partial charge in [0.2, 0.25) is 0 Å². The molecule has 1 atom stereocenters. The van der Waals surface area contributed by atoms with Crippen LogP contribution >= 0.6 is 11.6 Å². The van der Waals surface area contributed by atoms with Crippen molar-refractivity contribution in [1.82, 2.24) is 4.98 Å². The second-order valence-corrected chi connectivity index (χ2v) is 5.54. The molecule has 0 spiro atoms. The zero-order valence-electron chi connectivity index (χ0n) is 12.4. The molecule has 9 heteroatoms. The largest absolute Gasteiger partial charge is 0.475 e. The molecule has 1 aliphatic rings. The Balaban J connectivity index is 2.08. The topological polar surface area (TPSA) is 85.6 Å². The Morgan fingerprint density at radius 3 is 2.83 bits per heavy atom. The standard InChI is InChI=1S/C15H11ClFN3O4/c1-8-15(21)19(7-9-10(16)3-2-4-11(9)17)14-12(24-8)5-6-13(18-14)20(22)23/h2-6,8H,7H2,1H3. The molecule has 0 saturated heterocycles. The molecule has 0 fully saturated rings. The number of carbonyl (C=O) groups excluding carboxylic acids is 1. The lowest BCUT2D eigenvalue weighted by atomic mass is 10.1. The van der Waals surface area contributed by atoms with Gasteiger partial charge in [-0.2, -0.15) is 0 Å². The molecular formula is C15H11ClFN3O4. The Morgan fingerprint density at radius 2 is 2.17 bits per heavy atom. The fraction of sp³-hybridized carbons (Fsp3) is 0.200. The molecule has 3 rings (SSSR count). The van der Waals surface area contributed by atoms with Crippen LogP contribution in [0.15, 0.2) is 30.3 Å². The number of aromatic nitrogens is 1. The van der Waals surface area contributed by atoms with E-state index in [0.717, 1.165) is 4.90 Å². The molecule has 1 aliphatic heterocycles. The predicted octanol–water partition coefficient (Wildman–Crippen LogP) is 3.10. The van der Waals surface area contributed by atoms with E-state index in [1.54, 1.807) is 0 Å². The smallest absolute Gasteiger partial charge is 0.366 e. The number of fused-ring (bicyclic) bond motifs is 1. The lowest BCUT2D eigenvalue weighted by Crippen LogP contribution is -2.44. The Kier molecular flexibility index (Phi) is 4.06. The molecule has 1 unspecified atom stereocenters. The minimum Gasteiger partial charge on any atom is -0.475 e. The highest BCUT2D eigenvalue weighted by Crippen LogP contribution is 2.35. The van der Waals surface area contributed by atoms with Crippen LogP contribution in [-0.2, 0) is 11.3 Å². The van der Waals surface area contributed by atoms with Crippen LogP contribution in [0, 0.1) is 15.9 Å². The summed E-state index contributed by atoms with van der Waals surface area (Å²) in [5.41, 5.74) is 0.0980.